The highest BCUT2D eigenvalue weighted by Gasteiger charge is 2.24. The normalized spacial score (nSPS) is 21.8. The van der Waals surface area contributed by atoms with Gasteiger partial charge in [-0.2, -0.15) is 0 Å². The van der Waals surface area contributed by atoms with Gasteiger partial charge in [-0.05, 0) is 51.1 Å². The first-order valence-electron chi connectivity index (χ1n) is 9.18. The van der Waals surface area contributed by atoms with E-state index in [1.54, 1.807) is 0 Å². The van der Waals surface area contributed by atoms with E-state index in [4.69, 9.17) is 0 Å². The minimum absolute atomic E-state index is 0.598. The SMILES string of the molecule is C=CCCCC[C@@H](C)CC(C(=C)N[C@@H]1CCN(C)C1)C(C)C. The molecule has 1 rings (SSSR count). The van der Waals surface area contributed by atoms with E-state index in [1.165, 1.54) is 44.3 Å². The highest BCUT2D eigenvalue weighted by Crippen LogP contribution is 2.28. The van der Waals surface area contributed by atoms with Gasteiger partial charge in [-0.25, -0.2) is 0 Å². The number of likely N-dealkylation sites (tertiary alicyclic amines) is 1. The van der Waals surface area contributed by atoms with Crippen molar-refractivity contribution in [2.24, 2.45) is 17.8 Å². The molecule has 1 heterocycles. The molecule has 0 aromatic carbocycles. The molecule has 1 saturated heterocycles. The Morgan fingerprint density at radius 1 is 1.32 bits per heavy atom. The Balaban J connectivity index is 2.39. The predicted octanol–water partition coefficient (Wildman–Crippen LogP) is 4.84. The minimum Gasteiger partial charge on any atom is -0.385 e. The molecular formula is C20H38N2. The lowest BCUT2D eigenvalue weighted by atomic mass is 9.83. The molecule has 2 heteroatoms. The van der Waals surface area contributed by atoms with Crippen LogP contribution in [-0.4, -0.2) is 31.1 Å². The molecule has 0 aromatic heterocycles. The van der Waals surface area contributed by atoms with Gasteiger partial charge in [-0.1, -0.05) is 46.3 Å². The number of rotatable bonds is 11. The van der Waals surface area contributed by atoms with Crippen LogP contribution in [0.5, 0.6) is 0 Å². The average molecular weight is 307 g/mol. The van der Waals surface area contributed by atoms with Gasteiger partial charge >= 0.3 is 0 Å². The number of nitrogens with zero attached hydrogens (tertiary/aromatic N) is 1. The van der Waals surface area contributed by atoms with Gasteiger partial charge in [0.05, 0.1) is 0 Å². The summed E-state index contributed by atoms with van der Waals surface area (Å²) in [6.45, 7) is 17.6. The van der Waals surface area contributed by atoms with E-state index in [0.717, 1.165) is 18.9 Å². The number of allylic oxidation sites excluding steroid dienone is 2. The van der Waals surface area contributed by atoms with Crippen LogP contribution in [0.15, 0.2) is 24.9 Å². The van der Waals surface area contributed by atoms with Gasteiger partial charge in [0, 0.05) is 24.2 Å². The molecule has 0 amide bonds. The zero-order valence-electron chi connectivity index (χ0n) is 15.4. The molecule has 1 fully saturated rings. The Morgan fingerprint density at radius 2 is 2.05 bits per heavy atom. The lowest BCUT2D eigenvalue weighted by Gasteiger charge is -2.29. The fourth-order valence-corrected chi connectivity index (χ4v) is 3.57. The Bertz CT molecular complexity index is 335. The Kier molecular flexibility index (Phi) is 8.85. The van der Waals surface area contributed by atoms with Crippen molar-refractivity contribution >= 4 is 0 Å². The van der Waals surface area contributed by atoms with Gasteiger partial charge in [-0.15, -0.1) is 6.58 Å². The molecule has 0 aliphatic carbocycles. The van der Waals surface area contributed by atoms with Crippen LogP contribution in [0.4, 0.5) is 0 Å². The first-order chi connectivity index (χ1) is 10.4. The number of nitrogens with one attached hydrogen (secondary N) is 1. The number of hydrogen-bond acceptors (Lipinski definition) is 2. The lowest BCUT2D eigenvalue weighted by Crippen LogP contribution is -2.34. The van der Waals surface area contributed by atoms with E-state index in [0.29, 0.717) is 17.9 Å². The van der Waals surface area contributed by atoms with Crippen LogP contribution in [0.2, 0.25) is 0 Å². The summed E-state index contributed by atoms with van der Waals surface area (Å²) in [5.74, 6) is 2.04. The van der Waals surface area contributed by atoms with E-state index < -0.39 is 0 Å². The molecular weight excluding hydrogens is 268 g/mol. The van der Waals surface area contributed by atoms with Crippen molar-refractivity contribution in [1.29, 1.82) is 0 Å². The number of likely N-dealkylation sites (N-methyl/N-ethyl adjacent to an activating group) is 1. The van der Waals surface area contributed by atoms with Crippen molar-refractivity contribution in [3.05, 3.63) is 24.9 Å². The van der Waals surface area contributed by atoms with Crippen LogP contribution >= 0.6 is 0 Å². The van der Waals surface area contributed by atoms with Crippen molar-refractivity contribution in [2.75, 3.05) is 20.1 Å². The Hall–Kier alpha value is -0.760. The van der Waals surface area contributed by atoms with Crippen molar-refractivity contribution in [2.45, 2.75) is 65.3 Å². The summed E-state index contributed by atoms with van der Waals surface area (Å²) in [6, 6.07) is 0.599. The third-order valence-electron chi connectivity index (χ3n) is 5.04. The molecule has 0 radical (unpaired) electrons. The van der Waals surface area contributed by atoms with Crippen LogP contribution in [0.1, 0.15) is 59.3 Å². The van der Waals surface area contributed by atoms with Gasteiger partial charge in [0.15, 0.2) is 0 Å². The third kappa shape index (κ3) is 7.00. The third-order valence-corrected chi connectivity index (χ3v) is 5.04. The summed E-state index contributed by atoms with van der Waals surface area (Å²) >= 11 is 0. The fraction of sp³-hybridized carbons (Fsp3) is 0.800. The Labute approximate surface area is 139 Å². The maximum atomic E-state index is 4.38. The van der Waals surface area contributed by atoms with Gasteiger partial charge in [0.25, 0.3) is 0 Å². The maximum Gasteiger partial charge on any atom is 0.0397 e. The summed E-state index contributed by atoms with van der Waals surface area (Å²) in [7, 11) is 2.20. The van der Waals surface area contributed by atoms with Crippen LogP contribution in [0.25, 0.3) is 0 Å². The smallest absolute Gasteiger partial charge is 0.0397 e. The molecule has 0 spiro atoms. The van der Waals surface area contributed by atoms with Crippen LogP contribution in [-0.2, 0) is 0 Å². The molecule has 2 nitrogen and oxygen atoms in total. The molecule has 1 unspecified atom stereocenters. The summed E-state index contributed by atoms with van der Waals surface area (Å²) in [4.78, 5) is 2.40. The van der Waals surface area contributed by atoms with Crippen LogP contribution < -0.4 is 5.32 Å². The van der Waals surface area contributed by atoms with Crippen molar-refractivity contribution in [3.8, 4) is 0 Å². The zero-order chi connectivity index (χ0) is 16.5. The topological polar surface area (TPSA) is 15.3 Å². The van der Waals surface area contributed by atoms with E-state index in [1.807, 2.05) is 6.08 Å². The molecule has 0 bridgehead atoms. The second kappa shape index (κ2) is 10.1. The number of unbranched alkanes of at least 4 members (excludes halogenated alkanes) is 2. The maximum absolute atomic E-state index is 4.38. The van der Waals surface area contributed by atoms with Crippen molar-refractivity contribution in [3.63, 3.8) is 0 Å². The van der Waals surface area contributed by atoms with Gasteiger partial charge < -0.3 is 10.2 Å². The summed E-state index contributed by atoms with van der Waals surface area (Å²) in [5, 5.41) is 3.72. The van der Waals surface area contributed by atoms with Gasteiger partial charge in [0.1, 0.15) is 0 Å². The second-order valence-electron chi connectivity index (χ2n) is 7.68. The molecule has 3 atom stereocenters. The molecule has 0 saturated carbocycles. The molecule has 0 aromatic rings. The van der Waals surface area contributed by atoms with E-state index in [2.05, 4.69) is 51.2 Å². The van der Waals surface area contributed by atoms with Gasteiger partial charge in [-0.3, -0.25) is 0 Å². The minimum atomic E-state index is 0.598. The second-order valence-corrected chi connectivity index (χ2v) is 7.68. The largest absolute Gasteiger partial charge is 0.385 e. The standard InChI is InChI=1S/C20H38N2/c1-7-8-9-10-11-17(4)14-20(16(2)3)18(5)21-19-12-13-22(6)15-19/h7,16-17,19-21H,1,5,8-15H2,2-4,6H3/t17-,19-,20?/m1/s1. The zero-order valence-corrected chi connectivity index (χ0v) is 15.4. The van der Waals surface area contributed by atoms with E-state index in [-0.39, 0.29) is 0 Å². The first kappa shape index (κ1) is 19.3. The summed E-state index contributed by atoms with van der Waals surface area (Å²) < 4.78 is 0. The quantitative estimate of drug-likeness (QED) is 0.434. The van der Waals surface area contributed by atoms with Crippen LogP contribution in [0, 0.1) is 17.8 Å². The van der Waals surface area contributed by atoms with E-state index >= 15 is 0 Å². The first-order valence-corrected chi connectivity index (χ1v) is 9.18. The number of hydrogen-bond donors (Lipinski definition) is 1. The van der Waals surface area contributed by atoms with E-state index in [9.17, 15) is 0 Å². The molecule has 128 valence electrons. The molecule has 1 aliphatic rings. The highest BCUT2D eigenvalue weighted by molar-refractivity contribution is 5.03. The summed E-state index contributed by atoms with van der Waals surface area (Å²) in [5.41, 5.74) is 1.27. The van der Waals surface area contributed by atoms with Crippen molar-refractivity contribution < 1.29 is 0 Å². The predicted molar refractivity (Wildman–Crippen MR) is 99.0 cm³/mol. The monoisotopic (exact) mass is 306 g/mol. The molecule has 1 N–H and O–H groups in total. The van der Waals surface area contributed by atoms with Gasteiger partial charge in [0.2, 0.25) is 0 Å². The molecule has 22 heavy (non-hydrogen) atoms. The fourth-order valence-electron chi connectivity index (χ4n) is 3.57. The van der Waals surface area contributed by atoms with Crippen LogP contribution in [0.3, 0.4) is 0 Å². The van der Waals surface area contributed by atoms with Crippen molar-refractivity contribution in [1.82, 2.24) is 10.2 Å². The Morgan fingerprint density at radius 3 is 2.59 bits per heavy atom. The highest BCUT2D eigenvalue weighted by atomic mass is 15.2. The summed E-state index contributed by atoms with van der Waals surface area (Å²) in [6.07, 6.45) is 9.64. The lowest BCUT2D eigenvalue weighted by molar-refractivity contribution is 0.313. The molecule has 1 aliphatic heterocycles. The average Bonchev–Trinajstić information content (AvgIpc) is 2.85.